The summed E-state index contributed by atoms with van der Waals surface area (Å²) in [6.07, 6.45) is 3.44. The van der Waals surface area contributed by atoms with Crippen LogP contribution in [0, 0.1) is 23.2 Å². The second-order valence-electron chi connectivity index (χ2n) is 8.11. The number of carbonyl (C=O) groups is 2. The molecule has 5 heteroatoms. The zero-order valence-electron chi connectivity index (χ0n) is 16.7. The average Bonchev–Trinajstić information content (AvgIpc) is 3.51. The van der Waals surface area contributed by atoms with Gasteiger partial charge in [0, 0.05) is 38.2 Å². The molecular formula is C24H25N3O2. The number of hydrogen-bond donors (Lipinski definition) is 0. The van der Waals surface area contributed by atoms with E-state index in [1.165, 1.54) is 0 Å². The Morgan fingerprint density at radius 1 is 1.03 bits per heavy atom. The Morgan fingerprint density at radius 2 is 1.66 bits per heavy atom. The van der Waals surface area contributed by atoms with Crippen molar-refractivity contribution in [2.24, 2.45) is 11.8 Å². The fourth-order valence-electron chi connectivity index (χ4n) is 3.93. The predicted octanol–water partition coefficient (Wildman–Crippen LogP) is 3.84. The molecule has 2 aromatic carbocycles. The van der Waals surface area contributed by atoms with Crippen LogP contribution in [0.2, 0.25) is 0 Å². The van der Waals surface area contributed by atoms with Gasteiger partial charge in [0.2, 0.25) is 11.8 Å². The highest BCUT2D eigenvalue weighted by molar-refractivity contribution is 5.93. The van der Waals surface area contributed by atoms with E-state index in [4.69, 9.17) is 5.26 Å². The Kier molecular flexibility index (Phi) is 5.35. The third kappa shape index (κ3) is 4.32. The van der Waals surface area contributed by atoms with Crippen molar-refractivity contribution >= 4 is 17.5 Å². The molecule has 1 saturated carbocycles. The van der Waals surface area contributed by atoms with Gasteiger partial charge in [-0.05, 0) is 60.6 Å². The van der Waals surface area contributed by atoms with Crippen molar-refractivity contribution in [3.05, 3.63) is 54.1 Å². The Bertz CT molecular complexity index is 940. The van der Waals surface area contributed by atoms with Gasteiger partial charge in [-0.15, -0.1) is 0 Å². The first-order valence-corrected chi connectivity index (χ1v) is 10.2. The van der Waals surface area contributed by atoms with E-state index in [1.807, 2.05) is 41.3 Å². The van der Waals surface area contributed by atoms with Crippen molar-refractivity contribution < 1.29 is 9.59 Å². The van der Waals surface area contributed by atoms with Gasteiger partial charge in [-0.25, -0.2) is 0 Å². The molecule has 0 spiro atoms. The van der Waals surface area contributed by atoms with Gasteiger partial charge < -0.3 is 9.80 Å². The van der Waals surface area contributed by atoms with Crippen molar-refractivity contribution in [3.8, 4) is 17.2 Å². The summed E-state index contributed by atoms with van der Waals surface area (Å²) in [6.45, 7) is 1.50. The fourth-order valence-corrected chi connectivity index (χ4v) is 3.93. The molecule has 0 N–H and O–H groups in total. The highest BCUT2D eigenvalue weighted by atomic mass is 16.2. The molecule has 2 aliphatic rings. The first-order chi connectivity index (χ1) is 14.0. The van der Waals surface area contributed by atoms with Crippen LogP contribution < -0.4 is 4.90 Å². The van der Waals surface area contributed by atoms with Crippen LogP contribution in [0.4, 0.5) is 5.69 Å². The van der Waals surface area contributed by atoms with E-state index in [2.05, 4.69) is 6.07 Å². The molecule has 1 saturated heterocycles. The molecule has 1 aliphatic heterocycles. The summed E-state index contributed by atoms with van der Waals surface area (Å²) in [7, 11) is 1.81. The summed E-state index contributed by atoms with van der Waals surface area (Å²) in [4.78, 5) is 28.6. The van der Waals surface area contributed by atoms with Gasteiger partial charge in [0.15, 0.2) is 0 Å². The maximum atomic E-state index is 12.7. The van der Waals surface area contributed by atoms with E-state index in [0.717, 1.165) is 42.6 Å². The number of hydrogen-bond acceptors (Lipinski definition) is 3. The van der Waals surface area contributed by atoms with E-state index >= 15 is 0 Å². The minimum Gasteiger partial charge on any atom is -0.342 e. The van der Waals surface area contributed by atoms with E-state index in [9.17, 15) is 9.59 Å². The number of rotatable bonds is 5. The molecule has 1 unspecified atom stereocenters. The van der Waals surface area contributed by atoms with Gasteiger partial charge in [0.05, 0.1) is 11.6 Å². The fraction of sp³-hybridized carbons (Fsp3) is 0.375. The summed E-state index contributed by atoms with van der Waals surface area (Å²) in [6, 6.07) is 17.5. The summed E-state index contributed by atoms with van der Waals surface area (Å²) in [5.41, 5.74) is 3.58. The van der Waals surface area contributed by atoms with Gasteiger partial charge in [-0.1, -0.05) is 24.3 Å². The van der Waals surface area contributed by atoms with Gasteiger partial charge in [-0.3, -0.25) is 9.59 Å². The van der Waals surface area contributed by atoms with Crippen molar-refractivity contribution in [1.82, 2.24) is 4.90 Å². The van der Waals surface area contributed by atoms with Crippen molar-refractivity contribution in [1.29, 1.82) is 5.26 Å². The second-order valence-corrected chi connectivity index (χ2v) is 8.11. The van der Waals surface area contributed by atoms with Crippen LogP contribution in [0.5, 0.6) is 0 Å². The minimum absolute atomic E-state index is 0.0850. The average molecular weight is 387 g/mol. The first kappa shape index (κ1) is 19.2. The largest absolute Gasteiger partial charge is 0.342 e. The van der Waals surface area contributed by atoms with Crippen LogP contribution in [0.1, 0.15) is 31.2 Å². The third-order valence-electron chi connectivity index (χ3n) is 5.96. The summed E-state index contributed by atoms with van der Waals surface area (Å²) < 4.78 is 0. The minimum atomic E-state index is 0.0850. The van der Waals surface area contributed by atoms with E-state index < -0.39 is 0 Å². The lowest BCUT2D eigenvalue weighted by Gasteiger charge is -2.20. The number of benzene rings is 2. The Hall–Kier alpha value is -3.13. The third-order valence-corrected chi connectivity index (χ3v) is 5.96. The van der Waals surface area contributed by atoms with E-state index in [1.54, 1.807) is 24.1 Å². The molecule has 5 nitrogen and oxygen atoms in total. The molecule has 2 aromatic rings. The van der Waals surface area contributed by atoms with E-state index in [-0.39, 0.29) is 23.7 Å². The summed E-state index contributed by atoms with van der Waals surface area (Å²) >= 11 is 0. The van der Waals surface area contributed by atoms with Gasteiger partial charge >= 0.3 is 0 Å². The Balaban J connectivity index is 1.35. The summed E-state index contributed by atoms with van der Waals surface area (Å²) in [5.74, 6) is 0.876. The lowest BCUT2D eigenvalue weighted by atomic mass is 10.0. The molecular weight excluding hydrogens is 362 g/mol. The van der Waals surface area contributed by atoms with Crippen LogP contribution in [-0.4, -0.2) is 36.9 Å². The van der Waals surface area contributed by atoms with Crippen LogP contribution in [0.15, 0.2) is 48.5 Å². The molecule has 1 atom stereocenters. The smallest absolute Gasteiger partial charge is 0.227 e. The number of nitriles is 1. The monoisotopic (exact) mass is 387 g/mol. The van der Waals surface area contributed by atoms with Crippen molar-refractivity contribution in [2.75, 3.05) is 25.0 Å². The topological polar surface area (TPSA) is 64.4 Å². The van der Waals surface area contributed by atoms with Gasteiger partial charge in [-0.2, -0.15) is 5.26 Å². The lowest BCUT2D eigenvalue weighted by molar-refractivity contribution is -0.131. The highest BCUT2D eigenvalue weighted by Crippen LogP contribution is 2.33. The molecule has 0 bridgehead atoms. The zero-order chi connectivity index (χ0) is 20.4. The molecule has 0 radical (unpaired) electrons. The number of nitrogens with zero attached hydrogens (tertiary/aromatic N) is 3. The number of carbonyl (C=O) groups excluding carboxylic acids is 2. The zero-order valence-corrected chi connectivity index (χ0v) is 16.7. The maximum Gasteiger partial charge on any atom is 0.227 e. The summed E-state index contributed by atoms with van der Waals surface area (Å²) in [5, 5.41) is 8.91. The second kappa shape index (κ2) is 8.08. The number of likely N-dealkylation sites (tertiary alicyclic amines) is 1. The molecule has 29 heavy (non-hydrogen) atoms. The van der Waals surface area contributed by atoms with Crippen molar-refractivity contribution in [3.63, 3.8) is 0 Å². The normalized spacial score (nSPS) is 18.3. The molecule has 1 heterocycles. The molecule has 2 fully saturated rings. The first-order valence-electron chi connectivity index (χ1n) is 10.2. The van der Waals surface area contributed by atoms with Crippen LogP contribution in [0.25, 0.3) is 11.1 Å². The molecule has 1 aliphatic carbocycles. The molecule has 4 rings (SSSR count). The standard InChI is InChI=1S/C24H25N3O2/c1-26(23(28)14-18-12-13-27(16-18)24(29)21-6-7-21)22-10-8-20(9-11-22)19-4-2-17(15-25)3-5-19/h2-5,8-11,18,21H,6-7,12-14,16H2,1H3. The predicted molar refractivity (Wildman–Crippen MR) is 112 cm³/mol. The van der Waals surface area contributed by atoms with Crippen molar-refractivity contribution in [2.45, 2.75) is 25.7 Å². The number of anilines is 1. The molecule has 2 amide bonds. The molecule has 0 aromatic heterocycles. The quantitative estimate of drug-likeness (QED) is 0.783. The number of amides is 2. The van der Waals surface area contributed by atoms with Crippen LogP contribution in [0.3, 0.4) is 0 Å². The lowest BCUT2D eigenvalue weighted by Crippen LogP contribution is -2.32. The highest BCUT2D eigenvalue weighted by Gasteiger charge is 2.37. The van der Waals surface area contributed by atoms with Crippen LogP contribution >= 0.6 is 0 Å². The van der Waals surface area contributed by atoms with Gasteiger partial charge in [0.1, 0.15) is 0 Å². The maximum absolute atomic E-state index is 12.7. The molecule has 148 valence electrons. The van der Waals surface area contributed by atoms with Crippen LogP contribution in [-0.2, 0) is 9.59 Å². The van der Waals surface area contributed by atoms with Gasteiger partial charge in [0.25, 0.3) is 0 Å². The van der Waals surface area contributed by atoms with E-state index in [0.29, 0.717) is 18.5 Å². The Morgan fingerprint density at radius 3 is 2.24 bits per heavy atom. The SMILES string of the molecule is CN(C(=O)CC1CCN(C(=O)C2CC2)C1)c1ccc(-c2ccc(C#N)cc2)cc1. The Labute approximate surface area is 171 Å².